The van der Waals surface area contributed by atoms with Crippen molar-refractivity contribution in [1.82, 2.24) is 4.31 Å². The molecule has 1 aromatic rings. The van der Waals surface area contributed by atoms with Crippen molar-refractivity contribution >= 4 is 43.2 Å². The number of nitrogen functional groups attached to an aromatic ring is 1. The van der Waals surface area contributed by atoms with Crippen LogP contribution in [0.2, 0.25) is 5.02 Å². The summed E-state index contributed by atoms with van der Waals surface area (Å²) in [6, 6.07) is 2.90. The topological polar surface area (TPSA) is 72.6 Å². The SMILES string of the molecule is CN(CC1CCCO1)S(=O)(=O)c1cc(Cl)cc(N)c1Br. The van der Waals surface area contributed by atoms with Crippen LogP contribution in [0.5, 0.6) is 0 Å². The molecule has 112 valence electrons. The summed E-state index contributed by atoms with van der Waals surface area (Å²) < 4.78 is 32.2. The number of ether oxygens (including phenoxy) is 1. The van der Waals surface area contributed by atoms with Gasteiger partial charge in [0.2, 0.25) is 10.0 Å². The molecule has 5 nitrogen and oxygen atoms in total. The molecule has 1 unspecified atom stereocenters. The van der Waals surface area contributed by atoms with Crippen molar-refractivity contribution in [2.24, 2.45) is 0 Å². The van der Waals surface area contributed by atoms with Gasteiger partial charge in [-0.2, -0.15) is 4.31 Å². The Balaban J connectivity index is 2.29. The summed E-state index contributed by atoms with van der Waals surface area (Å²) in [5, 5.41) is 0.287. The highest BCUT2D eigenvalue weighted by Crippen LogP contribution is 2.33. The number of rotatable bonds is 4. The molecule has 1 aliphatic heterocycles. The zero-order valence-electron chi connectivity index (χ0n) is 11.0. The molecule has 2 rings (SSSR count). The molecular weight excluding hydrogens is 368 g/mol. The van der Waals surface area contributed by atoms with Gasteiger partial charge in [-0.3, -0.25) is 0 Å². The molecule has 0 spiro atoms. The van der Waals surface area contributed by atoms with Crippen LogP contribution >= 0.6 is 27.5 Å². The predicted molar refractivity (Wildman–Crippen MR) is 82.4 cm³/mol. The number of hydrogen-bond donors (Lipinski definition) is 1. The van der Waals surface area contributed by atoms with Crippen LogP contribution < -0.4 is 5.73 Å². The number of nitrogens with two attached hydrogens (primary N) is 1. The third-order valence-electron chi connectivity index (χ3n) is 3.21. The lowest BCUT2D eigenvalue weighted by Crippen LogP contribution is -2.34. The molecule has 0 radical (unpaired) electrons. The van der Waals surface area contributed by atoms with Crippen LogP contribution in [0.15, 0.2) is 21.5 Å². The number of benzene rings is 1. The standard InChI is InChI=1S/C12H16BrClN2O3S/c1-16(7-9-3-2-4-19-9)20(17,18)11-6-8(14)5-10(15)12(11)13/h5-6,9H,2-4,7,15H2,1H3. The number of sulfonamides is 1. The molecule has 0 amide bonds. The van der Waals surface area contributed by atoms with Gasteiger partial charge in [-0.05, 0) is 40.9 Å². The molecule has 1 aromatic carbocycles. The van der Waals surface area contributed by atoms with E-state index < -0.39 is 10.0 Å². The normalized spacial score (nSPS) is 19.7. The Morgan fingerprint density at radius 2 is 2.25 bits per heavy atom. The fourth-order valence-electron chi connectivity index (χ4n) is 2.11. The van der Waals surface area contributed by atoms with Crippen molar-refractivity contribution in [3.05, 3.63) is 21.6 Å². The van der Waals surface area contributed by atoms with Crippen LogP contribution in [0, 0.1) is 0 Å². The average molecular weight is 384 g/mol. The number of nitrogens with zero attached hydrogens (tertiary/aromatic N) is 1. The van der Waals surface area contributed by atoms with Gasteiger partial charge in [-0.25, -0.2) is 8.42 Å². The zero-order chi connectivity index (χ0) is 14.9. The van der Waals surface area contributed by atoms with Gasteiger partial charge >= 0.3 is 0 Å². The highest BCUT2D eigenvalue weighted by molar-refractivity contribution is 9.10. The van der Waals surface area contributed by atoms with Gasteiger partial charge in [0, 0.05) is 30.9 Å². The first kappa shape index (κ1) is 16.0. The van der Waals surface area contributed by atoms with Crippen molar-refractivity contribution in [3.8, 4) is 0 Å². The number of hydrogen-bond acceptors (Lipinski definition) is 4. The van der Waals surface area contributed by atoms with E-state index >= 15 is 0 Å². The second-order valence-electron chi connectivity index (χ2n) is 4.73. The van der Waals surface area contributed by atoms with Gasteiger partial charge in [0.05, 0.1) is 15.5 Å². The molecule has 2 N–H and O–H groups in total. The molecule has 0 saturated carbocycles. The maximum absolute atomic E-state index is 12.6. The van der Waals surface area contributed by atoms with E-state index in [4.69, 9.17) is 22.1 Å². The molecule has 20 heavy (non-hydrogen) atoms. The minimum atomic E-state index is -3.66. The lowest BCUT2D eigenvalue weighted by Gasteiger charge is -2.21. The zero-order valence-corrected chi connectivity index (χ0v) is 14.1. The van der Waals surface area contributed by atoms with Crippen molar-refractivity contribution < 1.29 is 13.2 Å². The van der Waals surface area contributed by atoms with Crippen molar-refractivity contribution in [1.29, 1.82) is 0 Å². The maximum atomic E-state index is 12.6. The van der Waals surface area contributed by atoms with Gasteiger partial charge in [0.15, 0.2) is 0 Å². The van der Waals surface area contributed by atoms with E-state index in [1.54, 1.807) is 0 Å². The van der Waals surface area contributed by atoms with Crippen molar-refractivity contribution in [3.63, 3.8) is 0 Å². The fourth-order valence-corrected chi connectivity index (χ4v) is 4.57. The van der Waals surface area contributed by atoms with Crippen LogP contribution in [-0.4, -0.2) is 39.0 Å². The molecule has 0 bridgehead atoms. The lowest BCUT2D eigenvalue weighted by atomic mass is 10.2. The Hall–Kier alpha value is -0.340. The van der Waals surface area contributed by atoms with Crippen LogP contribution in [-0.2, 0) is 14.8 Å². The van der Waals surface area contributed by atoms with Crippen LogP contribution in [0.4, 0.5) is 5.69 Å². The van der Waals surface area contributed by atoms with E-state index in [1.807, 2.05) is 0 Å². The Labute approximate surface area is 132 Å². The van der Waals surface area contributed by atoms with E-state index in [0.717, 1.165) is 12.8 Å². The van der Waals surface area contributed by atoms with Gasteiger partial charge in [-0.1, -0.05) is 11.6 Å². The van der Waals surface area contributed by atoms with E-state index in [9.17, 15) is 8.42 Å². The van der Waals surface area contributed by atoms with Crippen molar-refractivity contribution in [2.45, 2.75) is 23.8 Å². The average Bonchev–Trinajstić information content (AvgIpc) is 2.86. The number of halogens is 2. The molecule has 0 aromatic heterocycles. The quantitative estimate of drug-likeness (QED) is 0.811. The highest BCUT2D eigenvalue weighted by atomic mass is 79.9. The Morgan fingerprint density at radius 1 is 1.55 bits per heavy atom. The molecule has 1 saturated heterocycles. The van der Waals surface area contributed by atoms with Crippen LogP contribution in [0.1, 0.15) is 12.8 Å². The first-order valence-corrected chi connectivity index (χ1v) is 8.76. The second kappa shape index (κ2) is 6.19. The molecule has 1 aliphatic rings. The monoisotopic (exact) mass is 382 g/mol. The minimum Gasteiger partial charge on any atom is -0.398 e. The summed E-state index contributed by atoms with van der Waals surface area (Å²) >= 11 is 9.11. The minimum absolute atomic E-state index is 0.0509. The predicted octanol–water partition coefficient (Wildman–Crippen LogP) is 2.48. The summed E-state index contributed by atoms with van der Waals surface area (Å²) in [5.74, 6) is 0. The Bertz CT molecular complexity index is 603. The second-order valence-corrected chi connectivity index (χ2v) is 7.97. The van der Waals surface area contributed by atoms with E-state index in [-0.39, 0.29) is 16.0 Å². The van der Waals surface area contributed by atoms with Crippen LogP contribution in [0.25, 0.3) is 0 Å². The Morgan fingerprint density at radius 3 is 2.85 bits per heavy atom. The number of anilines is 1. The van der Waals surface area contributed by atoms with Gasteiger partial charge in [-0.15, -0.1) is 0 Å². The van der Waals surface area contributed by atoms with E-state index in [0.29, 0.717) is 23.3 Å². The summed E-state index contributed by atoms with van der Waals surface area (Å²) in [7, 11) is -2.13. The van der Waals surface area contributed by atoms with E-state index in [2.05, 4.69) is 15.9 Å². The summed E-state index contributed by atoms with van der Waals surface area (Å²) in [6.07, 6.45) is 1.79. The third-order valence-corrected chi connectivity index (χ3v) is 6.42. The smallest absolute Gasteiger partial charge is 0.244 e. The van der Waals surface area contributed by atoms with Crippen LogP contribution in [0.3, 0.4) is 0 Å². The first-order valence-electron chi connectivity index (χ1n) is 6.15. The summed E-state index contributed by atoms with van der Waals surface area (Å²) in [6.45, 7) is 1.01. The van der Waals surface area contributed by atoms with Gasteiger partial charge in [0.25, 0.3) is 0 Å². The lowest BCUT2D eigenvalue weighted by molar-refractivity contribution is 0.0979. The molecule has 1 heterocycles. The largest absolute Gasteiger partial charge is 0.398 e. The molecule has 1 atom stereocenters. The number of likely N-dealkylation sites (N-methyl/N-ethyl adjacent to an activating group) is 1. The highest BCUT2D eigenvalue weighted by Gasteiger charge is 2.28. The molecule has 1 fully saturated rings. The summed E-state index contributed by atoms with van der Waals surface area (Å²) in [4.78, 5) is 0.0722. The van der Waals surface area contributed by atoms with Gasteiger partial charge < -0.3 is 10.5 Å². The van der Waals surface area contributed by atoms with Crippen molar-refractivity contribution in [2.75, 3.05) is 25.9 Å². The molecule has 0 aliphatic carbocycles. The fraction of sp³-hybridized carbons (Fsp3) is 0.500. The Kier molecular flexibility index (Phi) is 4.96. The third kappa shape index (κ3) is 3.28. The van der Waals surface area contributed by atoms with E-state index in [1.165, 1.54) is 23.5 Å². The maximum Gasteiger partial charge on any atom is 0.244 e. The first-order chi connectivity index (χ1) is 9.32. The summed E-state index contributed by atoms with van der Waals surface area (Å²) in [5.41, 5.74) is 6.04. The molecule has 8 heteroatoms. The van der Waals surface area contributed by atoms with Gasteiger partial charge in [0.1, 0.15) is 0 Å². The molecular formula is C12H16BrClN2O3S.